The molecule has 1 aliphatic rings. The second kappa shape index (κ2) is 15.6. The molecule has 41 heavy (non-hydrogen) atoms. The SMILES string of the molecule is CC(CNC(=O)CN(CC1CCCCC1)C(=O)C(Cc1cnc[nH]1)NC(=O)OCc1ccccc1)c1ccccc1. The number of benzene rings is 2. The normalized spacial score (nSPS) is 15.0. The molecule has 3 aromatic rings. The minimum Gasteiger partial charge on any atom is -0.445 e. The van der Waals surface area contributed by atoms with Crippen LogP contribution in [0.4, 0.5) is 4.79 Å². The minimum atomic E-state index is -0.918. The average Bonchev–Trinajstić information content (AvgIpc) is 3.52. The number of nitrogens with one attached hydrogen (secondary N) is 3. The summed E-state index contributed by atoms with van der Waals surface area (Å²) in [6.07, 6.45) is 8.15. The van der Waals surface area contributed by atoms with Gasteiger partial charge in [-0.3, -0.25) is 9.59 Å². The zero-order valence-corrected chi connectivity index (χ0v) is 23.8. The standard InChI is InChI=1S/C32H41N5O4/c1-24(27-15-9-4-10-16-27)18-34-30(38)21-37(20-25-11-5-2-6-12-25)31(39)29(17-28-19-33-23-35-28)36-32(40)41-22-26-13-7-3-8-14-26/h3-4,7-10,13-16,19,23-25,29H,2,5-6,11-12,17-18,20-22H2,1H3,(H,33,35)(H,34,38)(H,36,40). The van der Waals surface area contributed by atoms with Crippen LogP contribution in [0.5, 0.6) is 0 Å². The molecule has 0 radical (unpaired) electrons. The van der Waals surface area contributed by atoms with E-state index in [0.717, 1.165) is 36.8 Å². The van der Waals surface area contributed by atoms with Crippen molar-refractivity contribution in [3.8, 4) is 0 Å². The second-order valence-corrected chi connectivity index (χ2v) is 10.9. The molecular formula is C32H41N5O4. The smallest absolute Gasteiger partial charge is 0.408 e. The molecule has 0 bridgehead atoms. The van der Waals surface area contributed by atoms with Crippen molar-refractivity contribution >= 4 is 17.9 Å². The van der Waals surface area contributed by atoms with Gasteiger partial charge in [-0.2, -0.15) is 0 Å². The van der Waals surface area contributed by atoms with Crippen LogP contribution in [0.2, 0.25) is 0 Å². The highest BCUT2D eigenvalue weighted by Crippen LogP contribution is 2.25. The lowest BCUT2D eigenvalue weighted by molar-refractivity contribution is -0.138. The number of amides is 3. The molecule has 2 unspecified atom stereocenters. The summed E-state index contributed by atoms with van der Waals surface area (Å²) in [5.74, 6) is -0.0737. The predicted octanol–water partition coefficient (Wildman–Crippen LogP) is 4.58. The fourth-order valence-electron chi connectivity index (χ4n) is 5.25. The molecule has 0 spiro atoms. The number of ether oxygens (including phenoxy) is 1. The van der Waals surface area contributed by atoms with Crippen LogP contribution >= 0.6 is 0 Å². The zero-order valence-electron chi connectivity index (χ0n) is 23.8. The van der Waals surface area contributed by atoms with Crippen LogP contribution in [0.3, 0.4) is 0 Å². The average molecular weight is 560 g/mol. The molecular weight excluding hydrogens is 518 g/mol. The van der Waals surface area contributed by atoms with E-state index in [1.807, 2.05) is 60.7 Å². The second-order valence-electron chi connectivity index (χ2n) is 10.9. The van der Waals surface area contributed by atoms with Gasteiger partial charge < -0.3 is 25.3 Å². The van der Waals surface area contributed by atoms with Gasteiger partial charge in [0.25, 0.3) is 0 Å². The number of aromatic amines is 1. The van der Waals surface area contributed by atoms with E-state index in [4.69, 9.17) is 4.74 Å². The van der Waals surface area contributed by atoms with E-state index >= 15 is 0 Å². The Morgan fingerprint density at radius 1 is 1.02 bits per heavy atom. The molecule has 4 rings (SSSR count). The van der Waals surface area contributed by atoms with Crippen molar-refractivity contribution in [2.45, 2.75) is 64.0 Å². The lowest BCUT2D eigenvalue weighted by Crippen LogP contribution is -2.53. The molecule has 1 aliphatic carbocycles. The van der Waals surface area contributed by atoms with Crippen LogP contribution in [-0.2, 0) is 27.4 Å². The Balaban J connectivity index is 1.43. The van der Waals surface area contributed by atoms with Crippen molar-refractivity contribution in [2.75, 3.05) is 19.6 Å². The number of aromatic nitrogens is 2. The Morgan fingerprint density at radius 3 is 2.41 bits per heavy atom. The summed E-state index contributed by atoms with van der Waals surface area (Å²) in [6, 6.07) is 18.5. The number of H-pyrrole nitrogens is 1. The third kappa shape index (κ3) is 9.77. The third-order valence-electron chi connectivity index (χ3n) is 7.61. The highest BCUT2D eigenvalue weighted by Gasteiger charge is 2.31. The summed E-state index contributed by atoms with van der Waals surface area (Å²) in [4.78, 5) is 48.6. The lowest BCUT2D eigenvalue weighted by Gasteiger charge is -2.32. The minimum absolute atomic E-state index is 0.0724. The zero-order chi connectivity index (χ0) is 28.9. The Kier molecular flexibility index (Phi) is 11.3. The van der Waals surface area contributed by atoms with Crippen molar-refractivity contribution in [1.29, 1.82) is 0 Å². The van der Waals surface area contributed by atoms with Crippen molar-refractivity contribution in [2.24, 2.45) is 5.92 Å². The maximum atomic E-state index is 14.0. The van der Waals surface area contributed by atoms with Gasteiger partial charge in [-0.25, -0.2) is 9.78 Å². The molecule has 1 fully saturated rings. The summed E-state index contributed by atoms with van der Waals surface area (Å²) < 4.78 is 5.42. The summed E-state index contributed by atoms with van der Waals surface area (Å²) in [5, 5.41) is 5.76. The molecule has 1 aromatic heterocycles. The summed E-state index contributed by atoms with van der Waals surface area (Å²) in [5.41, 5.74) is 2.69. The van der Waals surface area contributed by atoms with Gasteiger partial charge in [-0.05, 0) is 35.8 Å². The molecule has 9 nitrogen and oxygen atoms in total. The number of carbonyl (C=O) groups is 3. The number of carbonyl (C=O) groups excluding carboxylic acids is 3. The fourth-order valence-corrected chi connectivity index (χ4v) is 5.25. The largest absolute Gasteiger partial charge is 0.445 e. The van der Waals surface area contributed by atoms with Gasteiger partial charge >= 0.3 is 6.09 Å². The first-order valence-corrected chi connectivity index (χ1v) is 14.5. The summed E-state index contributed by atoms with van der Waals surface area (Å²) in [6.45, 7) is 3.02. The molecule has 9 heteroatoms. The first kappa shape index (κ1) is 29.8. The van der Waals surface area contributed by atoms with Crippen LogP contribution in [0.1, 0.15) is 61.8 Å². The molecule has 1 heterocycles. The monoisotopic (exact) mass is 559 g/mol. The topological polar surface area (TPSA) is 116 Å². The number of hydrogen-bond acceptors (Lipinski definition) is 5. The molecule has 0 saturated heterocycles. The van der Waals surface area contributed by atoms with Gasteiger partial charge in [0.2, 0.25) is 11.8 Å². The van der Waals surface area contributed by atoms with Crippen molar-refractivity contribution in [3.63, 3.8) is 0 Å². The van der Waals surface area contributed by atoms with E-state index in [9.17, 15) is 14.4 Å². The van der Waals surface area contributed by atoms with Crippen LogP contribution < -0.4 is 10.6 Å². The van der Waals surface area contributed by atoms with Crippen LogP contribution in [0.25, 0.3) is 0 Å². The first-order valence-electron chi connectivity index (χ1n) is 14.5. The van der Waals surface area contributed by atoms with Gasteiger partial charge in [0.05, 0.1) is 12.9 Å². The Labute approximate surface area is 242 Å². The highest BCUT2D eigenvalue weighted by molar-refractivity contribution is 5.89. The van der Waals surface area contributed by atoms with Crippen LogP contribution in [0, 0.1) is 5.92 Å². The molecule has 2 aromatic carbocycles. The lowest BCUT2D eigenvalue weighted by atomic mass is 9.88. The highest BCUT2D eigenvalue weighted by atomic mass is 16.5. The molecule has 3 N–H and O–H groups in total. The fraction of sp³-hybridized carbons (Fsp3) is 0.438. The maximum Gasteiger partial charge on any atom is 0.408 e. The number of hydrogen-bond donors (Lipinski definition) is 3. The number of nitrogens with zero attached hydrogens (tertiary/aromatic N) is 2. The van der Waals surface area contributed by atoms with E-state index in [1.54, 1.807) is 11.1 Å². The van der Waals surface area contributed by atoms with Crippen molar-refractivity contribution < 1.29 is 19.1 Å². The van der Waals surface area contributed by atoms with Gasteiger partial charge in [0.15, 0.2) is 0 Å². The van der Waals surface area contributed by atoms with E-state index in [1.165, 1.54) is 12.7 Å². The Hall–Kier alpha value is -4.14. The van der Waals surface area contributed by atoms with E-state index in [2.05, 4.69) is 27.5 Å². The molecule has 3 amide bonds. The Bertz CT molecular complexity index is 1210. The van der Waals surface area contributed by atoms with E-state index in [0.29, 0.717) is 24.7 Å². The molecule has 2 atom stereocenters. The Morgan fingerprint density at radius 2 is 1.73 bits per heavy atom. The number of alkyl carbamates (subject to hydrolysis) is 1. The van der Waals surface area contributed by atoms with Gasteiger partial charge in [0, 0.05) is 31.4 Å². The first-order chi connectivity index (χ1) is 20.0. The van der Waals surface area contributed by atoms with Crippen molar-refractivity contribution in [1.82, 2.24) is 25.5 Å². The summed E-state index contributed by atoms with van der Waals surface area (Å²) in [7, 11) is 0. The molecule has 1 saturated carbocycles. The van der Waals surface area contributed by atoms with Gasteiger partial charge in [-0.1, -0.05) is 86.8 Å². The van der Waals surface area contributed by atoms with Crippen molar-refractivity contribution in [3.05, 3.63) is 90.0 Å². The third-order valence-corrected chi connectivity index (χ3v) is 7.61. The van der Waals surface area contributed by atoms with Crippen LogP contribution in [0.15, 0.2) is 73.2 Å². The van der Waals surface area contributed by atoms with Gasteiger partial charge in [-0.15, -0.1) is 0 Å². The van der Waals surface area contributed by atoms with E-state index in [-0.39, 0.29) is 37.3 Å². The predicted molar refractivity (Wildman–Crippen MR) is 157 cm³/mol. The maximum absolute atomic E-state index is 14.0. The quantitative estimate of drug-likeness (QED) is 0.284. The number of imidazole rings is 1. The van der Waals surface area contributed by atoms with Gasteiger partial charge in [0.1, 0.15) is 12.6 Å². The van der Waals surface area contributed by atoms with Crippen LogP contribution in [-0.4, -0.2) is 58.5 Å². The number of rotatable bonds is 13. The summed E-state index contributed by atoms with van der Waals surface area (Å²) >= 11 is 0. The molecule has 0 aliphatic heterocycles. The molecule has 218 valence electrons. The van der Waals surface area contributed by atoms with E-state index < -0.39 is 12.1 Å².